The van der Waals surface area contributed by atoms with Gasteiger partial charge in [-0.3, -0.25) is 0 Å². The van der Waals surface area contributed by atoms with Gasteiger partial charge in [0.1, 0.15) is 12.4 Å². The lowest BCUT2D eigenvalue weighted by Crippen LogP contribution is -2.50. The van der Waals surface area contributed by atoms with Gasteiger partial charge in [0.05, 0.1) is 6.20 Å². The van der Waals surface area contributed by atoms with Gasteiger partial charge in [-0.2, -0.15) is 0 Å². The number of hydrogen-bond acceptors (Lipinski definition) is 1. The monoisotopic (exact) mass is 333 g/mol. The Bertz CT molecular complexity index is 892. The van der Waals surface area contributed by atoms with E-state index in [1.54, 1.807) is 27.7 Å². The van der Waals surface area contributed by atoms with Crippen LogP contribution in [0.25, 0.3) is 17.3 Å². The summed E-state index contributed by atoms with van der Waals surface area (Å²) in [5, 5.41) is 0. The van der Waals surface area contributed by atoms with E-state index in [4.69, 9.17) is 0 Å². The molecule has 5 heteroatoms. The largest absolute Gasteiger partial charge is 0.433 e. The van der Waals surface area contributed by atoms with Crippen molar-refractivity contribution >= 4 is 12.1 Å². The standard InChI is InChI=1S/C20H21N4O/c1-3-9-22-10-5-18(6-11-22)19-7-12-24(13-8-19)20(25)16-23-15-14-21(4-2)17-23/h3-8,10-15,17H,1-2,9,16H2/q+3. The molecular weight excluding hydrogens is 312 g/mol. The van der Waals surface area contributed by atoms with Crippen LogP contribution in [-0.4, -0.2) is 10.5 Å². The Labute approximate surface area is 147 Å². The lowest BCUT2D eigenvalue weighted by atomic mass is 10.1. The van der Waals surface area contributed by atoms with E-state index >= 15 is 0 Å². The Morgan fingerprint density at radius 3 is 2.16 bits per heavy atom. The van der Waals surface area contributed by atoms with Crippen molar-refractivity contribution in [2.75, 3.05) is 0 Å². The second kappa shape index (κ2) is 7.49. The molecule has 0 aliphatic carbocycles. The summed E-state index contributed by atoms with van der Waals surface area (Å²) in [6, 6.07) is 8.01. The number of nitrogens with zero attached hydrogens (tertiary/aromatic N) is 4. The summed E-state index contributed by atoms with van der Waals surface area (Å²) in [5.74, 6) is -0.00440. The lowest BCUT2D eigenvalue weighted by molar-refractivity contribution is -0.703. The third-order valence-electron chi connectivity index (χ3n) is 3.92. The molecule has 0 saturated heterocycles. The molecule has 3 aromatic rings. The van der Waals surface area contributed by atoms with Crippen LogP contribution in [0.15, 0.2) is 87.0 Å². The van der Waals surface area contributed by atoms with Crippen LogP contribution in [-0.2, 0) is 13.1 Å². The number of imidazole rings is 1. The van der Waals surface area contributed by atoms with E-state index < -0.39 is 0 Å². The molecule has 3 rings (SSSR count). The SMILES string of the molecule is C=CC[n+]1ccc(-c2cc[n+](C(=O)C[n+]3ccn(C=C)c3)cc2)cc1. The van der Waals surface area contributed by atoms with Gasteiger partial charge in [0.25, 0.3) is 0 Å². The van der Waals surface area contributed by atoms with Crippen LogP contribution in [0.4, 0.5) is 0 Å². The molecule has 124 valence electrons. The minimum Gasteiger partial charge on any atom is -0.222 e. The van der Waals surface area contributed by atoms with Gasteiger partial charge < -0.3 is 0 Å². The molecule has 5 nitrogen and oxygen atoms in total. The maximum absolute atomic E-state index is 12.4. The predicted octanol–water partition coefficient (Wildman–Crippen LogP) is 1.64. The minimum absolute atomic E-state index is 0.00440. The Hall–Kier alpha value is -3.34. The molecule has 0 saturated carbocycles. The average Bonchev–Trinajstić information content (AvgIpc) is 3.10. The average molecular weight is 333 g/mol. The fourth-order valence-corrected chi connectivity index (χ4v) is 2.56. The third kappa shape index (κ3) is 3.95. The number of aromatic nitrogens is 4. The summed E-state index contributed by atoms with van der Waals surface area (Å²) in [4.78, 5) is 12.4. The summed E-state index contributed by atoms with van der Waals surface area (Å²) in [7, 11) is 0. The van der Waals surface area contributed by atoms with E-state index in [-0.39, 0.29) is 12.5 Å². The number of carbonyl (C=O) groups excluding carboxylic acids is 1. The minimum atomic E-state index is -0.00440. The van der Waals surface area contributed by atoms with Gasteiger partial charge in [0, 0.05) is 24.3 Å². The molecule has 25 heavy (non-hydrogen) atoms. The van der Waals surface area contributed by atoms with Crippen LogP contribution in [0.1, 0.15) is 4.79 Å². The Morgan fingerprint density at radius 2 is 1.60 bits per heavy atom. The van der Waals surface area contributed by atoms with Gasteiger partial charge in [-0.1, -0.05) is 13.2 Å². The van der Waals surface area contributed by atoms with Crippen LogP contribution in [0.5, 0.6) is 0 Å². The highest BCUT2D eigenvalue weighted by atomic mass is 16.2. The second-order valence-corrected chi connectivity index (χ2v) is 5.68. The van der Waals surface area contributed by atoms with Crippen molar-refractivity contribution < 1.29 is 18.5 Å². The number of hydrogen-bond donors (Lipinski definition) is 0. The highest BCUT2D eigenvalue weighted by molar-refractivity contribution is 5.66. The molecule has 0 aromatic carbocycles. The van der Waals surface area contributed by atoms with Gasteiger partial charge in [0.2, 0.25) is 12.9 Å². The lowest BCUT2D eigenvalue weighted by Gasteiger charge is -2.00. The molecule has 0 aliphatic rings. The third-order valence-corrected chi connectivity index (χ3v) is 3.92. The number of carbonyl (C=O) groups is 1. The van der Waals surface area contributed by atoms with Crippen LogP contribution < -0.4 is 13.7 Å². The molecule has 0 radical (unpaired) electrons. The van der Waals surface area contributed by atoms with Crippen molar-refractivity contribution in [3.63, 3.8) is 0 Å². The molecule has 0 spiro atoms. The zero-order chi connectivity index (χ0) is 17.6. The first kappa shape index (κ1) is 16.5. The summed E-state index contributed by atoms with van der Waals surface area (Å²) in [5.41, 5.74) is 2.18. The summed E-state index contributed by atoms with van der Waals surface area (Å²) in [6.45, 7) is 8.49. The highest BCUT2D eigenvalue weighted by Crippen LogP contribution is 2.15. The van der Waals surface area contributed by atoms with Gasteiger partial charge >= 0.3 is 5.91 Å². The molecule has 0 atom stereocenters. The molecule has 0 N–H and O–H groups in total. The molecule has 0 bridgehead atoms. The zero-order valence-corrected chi connectivity index (χ0v) is 14.0. The van der Waals surface area contributed by atoms with E-state index in [1.165, 1.54) is 0 Å². The quantitative estimate of drug-likeness (QED) is 0.499. The van der Waals surface area contributed by atoms with Crippen LogP contribution in [0.3, 0.4) is 0 Å². The fourth-order valence-electron chi connectivity index (χ4n) is 2.56. The van der Waals surface area contributed by atoms with Crippen molar-refractivity contribution in [2.45, 2.75) is 13.1 Å². The number of allylic oxidation sites excluding steroid dienone is 1. The number of pyridine rings is 2. The first-order valence-corrected chi connectivity index (χ1v) is 8.03. The summed E-state index contributed by atoms with van der Waals surface area (Å²) < 4.78 is 7.27. The van der Waals surface area contributed by atoms with E-state index in [9.17, 15) is 4.79 Å². The van der Waals surface area contributed by atoms with E-state index in [0.717, 1.165) is 17.7 Å². The predicted molar refractivity (Wildman–Crippen MR) is 94.1 cm³/mol. The zero-order valence-electron chi connectivity index (χ0n) is 14.0. The van der Waals surface area contributed by atoms with Crippen molar-refractivity contribution in [1.29, 1.82) is 0 Å². The van der Waals surface area contributed by atoms with Crippen molar-refractivity contribution in [1.82, 2.24) is 4.57 Å². The molecular formula is C20H21N4O+3. The van der Waals surface area contributed by atoms with Crippen LogP contribution in [0.2, 0.25) is 0 Å². The van der Waals surface area contributed by atoms with Crippen molar-refractivity contribution in [3.05, 3.63) is 87.0 Å². The fraction of sp³-hybridized carbons (Fsp3) is 0.100. The molecule has 0 amide bonds. The van der Waals surface area contributed by atoms with Crippen molar-refractivity contribution in [3.8, 4) is 11.1 Å². The normalized spacial score (nSPS) is 10.4. The molecule has 0 fully saturated rings. The second-order valence-electron chi connectivity index (χ2n) is 5.68. The number of rotatable bonds is 6. The van der Waals surface area contributed by atoms with E-state index in [0.29, 0.717) is 0 Å². The summed E-state index contributed by atoms with van der Waals surface area (Å²) in [6.07, 6.45) is 16.7. The smallest absolute Gasteiger partial charge is 0.222 e. The molecule has 0 unspecified atom stereocenters. The summed E-state index contributed by atoms with van der Waals surface area (Å²) >= 11 is 0. The molecule has 3 heterocycles. The van der Waals surface area contributed by atoms with Gasteiger partial charge in [-0.15, -0.1) is 4.57 Å². The first-order chi connectivity index (χ1) is 12.2. The molecule has 0 aliphatic heterocycles. The maximum atomic E-state index is 12.4. The van der Waals surface area contributed by atoms with Gasteiger partial charge in [-0.05, 0) is 17.2 Å². The first-order valence-electron chi connectivity index (χ1n) is 8.03. The van der Waals surface area contributed by atoms with Gasteiger partial charge in [0.15, 0.2) is 31.3 Å². The Morgan fingerprint density at radius 1 is 0.960 bits per heavy atom. The Kier molecular flexibility index (Phi) is 4.95. The van der Waals surface area contributed by atoms with Crippen LogP contribution >= 0.6 is 0 Å². The van der Waals surface area contributed by atoms with Crippen LogP contribution in [0, 0.1) is 0 Å². The van der Waals surface area contributed by atoms with E-state index in [2.05, 4.69) is 29.9 Å². The van der Waals surface area contributed by atoms with Gasteiger partial charge in [-0.25, -0.2) is 18.5 Å². The van der Waals surface area contributed by atoms with Crippen molar-refractivity contribution in [2.24, 2.45) is 0 Å². The molecule has 3 aromatic heterocycles. The topological polar surface area (TPSA) is 33.6 Å². The maximum Gasteiger partial charge on any atom is 0.433 e. The van der Waals surface area contributed by atoms with E-state index in [1.807, 2.05) is 53.9 Å². The highest BCUT2D eigenvalue weighted by Gasteiger charge is 2.18. The Balaban J connectivity index is 1.71.